The fraction of sp³-hybridized carbons (Fsp3) is 0.167. The molecule has 0 nitrogen and oxygen atoms in total. The molecule has 53 heavy (non-hydrogen) atoms. The molecule has 0 N–H and O–H groups in total. The number of fused-ring (bicyclic) bond motifs is 12. The summed E-state index contributed by atoms with van der Waals surface area (Å²) in [4.78, 5) is 6.03. The predicted molar refractivity (Wildman–Crippen MR) is 233 cm³/mol. The first-order valence-corrected chi connectivity index (χ1v) is 24.1. The molecule has 0 spiro atoms. The summed E-state index contributed by atoms with van der Waals surface area (Å²) in [6, 6.07) is 34.0. The lowest BCUT2D eigenvalue weighted by Gasteiger charge is -2.32. The van der Waals surface area contributed by atoms with Crippen LogP contribution in [0.1, 0.15) is 66.8 Å². The summed E-state index contributed by atoms with van der Waals surface area (Å²) in [5.74, 6) is 0. The smallest absolute Gasteiger partial charge is 0.144 e. The second-order valence-corrected chi connectivity index (χ2v) is 24.2. The van der Waals surface area contributed by atoms with Gasteiger partial charge in [0.1, 0.15) is 0 Å². The highest BCUT2D eigenvalue weighted by atomic mass is 32.1. The van der Waals surface area contributed by atoms with Crippen molar-refractivity contribution in [2.75, 3.05) is 0 Å². The quantitative estimate of drug-likeness (QED) is 0.156. The molecular weight excluding hydrogens is 733 g/mol. The van der Waals surface area contributed by atoms with Crippen LogP contribution in [-0.4, -0.2) is 8.07 Å². The average Bonchev–Trinajstić information content (AvgIpc) is 3.98. The van der Waals surface area contributed by atoms with Crippen LogP contribution < -0.4 is 19.4 Å². The molecule has 0 saturated heterocycles. The number of hydrogen-bond acceptors (Lipinski definition) is 4. The molecule has 4 aliphatic carbocycles. The minimum Gasteiger partial charge on any atom is -0.144 e. The molecule has 5 heteroatoms. The van der Waals surface area contributed by atoms with Gasteiger partial charge in [-0.1, -0.05) is 95.1 Å². The molecule has 0 unspecified atom stereocenters. The fourth-order valence-electron chi connectivity index (χ4n) is 10.1. The maximum Gasteiger partial charge on any atom is 0.204 e. The molecule has 8 aromatic rings. The van der Waals surface area contributed by atoms with Gasteiger partial charge >= 0.3 is 0 Å². The lowest BCUT2D eigenvalue weighted by Crippen LogP contribution is -2.74. The summed E-state index contributed by atoms with van der Waals surface area (Å²) in [5.41, 5.74) is 23.5. The highest BCUT2D eigenvalue weighted by molar-refractivity contribution is 7.46. The van der Waals surface area contributed by atoms with E-state index in [0.29, 0.717) is 0 Å². The molecule has 4 aliphatic rings. The topological polar surface area (TPSA) is 0 Å². The standard InChI is InChI=1S/C48H36S4Si/c1-25-5-9-35-29(13-25)17-33-21-43(51-45(33)35)53(41-23-49-47-37-11-7-27(3)15-31(37)19-39(41)47,42-24-50-48-38-12-8-28(4)16-32(38)20-40(42)48)44-22-34-18-30-14-26(2)6-10-36(30)46(34)52-44/h5-16,21-24H,17-20H2,1-4H3. The van der Waals surface area contributed by atoms with Gasteiger partial charge in [-0.25, -0.2) is 0 Å². The van der Waals surface area contributed by atoms with Crippen LogP contribution in [0.4, 0.5) is 0 Å². The van der Waals surface area contributed by atoms with Crippen molar-refractivity contribution < 1.29 is 0 Å². The van der Waals surface area contributed by atoms with Gasteiger partial charge in [0.25, 0.3) is 0 Å². The van der Waals surface area contributed by atoms with Crippen LogP contribution >= 0.6 is 45.3 Å². The van der Waals surface area contributed by atoms with E-state index in [1.807, 2.05) is 22.7 Å². The Kier molecular flexibility index (Phi) is 6.48. The van der Waals surface area contributed by atoms with Crippen molar-refractivity contribution in [3.8, 4) is 41.8 Å². The van der Waals surface area contributed by atoms with Gasteiger partial charge in [0.05, 0.1) is 0 Å². The van der Waals surface area contributed by atoms with Crippen molar-refractivity contribution in [2.24, 2.45) is 0 Å². The van der Waals surface area contributed by atoms with Crippen LogP contribution in [-0.2, 0) is 25.7 Å². The van der Waals surface area contributed by atoms with E-state index in [2.05, 4.69) is 146 Å². The van der Waals surface area contributed by atoms with Gasteiger partial charge in [-0.2, -0.15) is 0 Å². The normalized spacial score (nSPS) is 14.1. The second-order valence-electron chi connectivity index (χ2n) is 15.9. The molecule has 0 amide bonds. The highest BCUT2D eigenvalue weighted by Crippen LogP contribution is 2.47. The molecule has 0 fully saturated rings. The molecule has 4 heterocycles. The van der Waals surface area contributed by atoms with Crippen LogP contribution in [0.2, 0.25) is 0 Å². The highest BCUT2D eigenvalue weighted by Gasteiger charge is 2.51. The molecule has 4 aromatic carbocycles. The van der Waals surface area contributed by atoms with E-state index in [-0.39, 0.29) is 0 Å². The summed E-state index contributed by atoms with van der Waals surface area (Å²) in [5, 5.41) is 8.57. The van der Waals surface area contributed by atoms with E-state index >= 15 is 0 Å². The Hall–Kier alpha value is -4.10. The Morgan fingerprint density at radius 2 is 0.755 bits per heavy atom. The van der Waals surface area contributed by atoms with Gasteiger partial charge in [-0.05, 0) is 153 Å². The lowest BCUT2D eigenvalue weighted by molar-refractivity contribution is 1.25. The maximum atomic E-state index is 2.70. The zero-order valence-corrected chi connectivity index (χ0v) is 34.5. The molecule has 12 rings (SSSR count). The SMILES string of the molecule is Cc1ccc2c(c1)Cc1cc([Si](c3cc4c(s3)-c3ccc(C)cc3C4)(c3csc4c3Cc3cc(C)ccc3-4)c3csc4c3Cc3cc(C)ccc3-4)sc1-2. The first-order chi connectivity index (χ1) is 25.8. The Balaban J connectivity index is 1.17. The zero-order valence-electron chi connectivity index (χ0n) is 30.2. The van der Waals surface area contributed by atoms with Crippen LogP contribution in [0.5, 0.6) is 0 Å². The number of hydrogen-bond donors (Lipinski definition) is 0. The second kappa shape index (κ2) is 11.0. The number of rotatable bonds is 4. The monoisotopic (exact) mass is 768 g/mol. The molecule has 0 atom stereocenters. The van der Waals surface area contributed by atoms with E-state index in [1.54, 1.807) is 30.5 Å². The first-order valence-electron chi connectivity index (χ1n) is 18.7. The number of thiophene rings is 4. The minimum atomic E-state index is -2.81. The van der Waals surface area contributed by atoms with E-state index in [0.717, 1.165) is 25.7 Å². The molecule has 0 saturated carbocycles. The van der Waals surface area contributed by atoms with Crippen LogP contribution in [0.25, 0.3) is 41.8 Å². The van der Waals surface area contributed by atoms with Crippen molar-refractivity contribution in [3.05, 3.63) is 162 Å². The van der Waals surface area contributed by atoms with E-state index in [1.165, 1.54) is 97.4 Å². The third-order valence-corrected chi connectivity index (χ3v) is 23.8. The Morgan fingerprint density at radius 1 is 0.396 bits per heavy atom. The summed E-state index contributed by atoms with van der Waals surface area (Å²) < 4.78 is 3.25. The van der Waals surface area contributed by atoms with Crippen molar-refractivity contribution in [1.82, 2.24) is 0 Å². The van der Waals surface area contributed by atoms with Gasteiger partial charge in [0.15, 0.2) is 0 Å². The Morgan fingerprint density at radius 3 is 1.15 bits per heavy atom. The molecule has 0 aliphatic heterocycles. The first kappa shape index (κ1) is 31.3. The van der Waals surface area contributed by atoms with E-state index in [9.17, 15) is 0 Å². The van der Waals surface area contributed by atoms with Crippen molar-refractivity contribution >= 4 is 72.8 Å². The minimum absolute atomic E-state index is 1.03. The van der Waals surface area contributed by atoms with E-state index in [4.69, 9.17) is 0 Å². The third-order valence-electron chi connectivity index (χ3n) is 12.5. The van der Waals surface area contributed by atoms with Gasteiger partial charge in [0.2, 0.25) is 8.07 Å². The summed E-state index contributed by atoms with van der Waals surface area (Å²) in [7, 11) is -2.81. The molecule has 4 aromatic heterocycles. The Labute approximate surface area is 328 Å². The largest absolute Gasteiger partial charge is 0.204 e. The zero-order chi connectivity index (χ0) is 35.3. The van der Waals surface area contributed by atoms with Crippen LogP contribution in [0.15, 0.2) is 95.7 Å². The summed E-state index contributed by atoms with van der Waals surface area (Å²) in [6.45, 7) is 8.97. The predicted octanol–water partition coefficient (Wildman–Crippen LogP) is 10.8. The lowest BCUT2D eigenvalue weighted by atomic mass is 10.1. The van der Waals surface area contributed by atoms with Crippen molar-refractivity contribution in [3.63, 3.8) is 0 Å². The third kappa shape index (κ3) is 4.26. The van der Waals surface area contributed by atoms with Crippen molar-refractivity contribution in [2.45, 2.75) is 53.4 Å². The van der Waals surface area contributed by atoms with Gasteiger partial charge in [-0.15, -0.1) is 45.3 Å². The van der Waals surface area contributed by atoms with Gasteiger partial charge in [0, 0.05) is 28.5 Å². The molecule has 256 valence electrons. The van der Waals surface area contributed by atoms with Crippen LogP contribution in [0, 0.1) is 27.7 Å². The van der Waals surface area contributed by atoms with Crippen molar-refractivity contribution in [1.29, 1.82) is 0 Å². The number of aryl methyl sites for hydroxylation is 4. The van der Waals surface area contributed by atoms with Gasteiger partial charge < -0.3 is 0 Å². The Bertz CT molecular complexity index is 2710. The fourth-order valence-corrected chi connectivity index (χ4v) is 23.8. The maximum absolute atomic E-state index is 2.81. The molecular formula is C48H36S4Si. The summed E-state index contributed by atoms with van der Waals surface area (Å²) >= 11 is 8.30. The molecule has 0 bridgehead atoms. The average molecular weight is 769 g/mol. The number of benzene rings is 4. The van der Waals surface area contributed by atoms with E-state index < -0.39 is 8.07 Å². The van der Waals surface area contributed by atoms with Crippen LogP contribution in [0.3, 0.4) is 0 Å². The van der Waals surface area contributed by atoms with Gasteiger partial charge in [-0.3, -0.25) is 0 Å². The molecule has 0 radical (unpaired) electrons. The summed E-state index contributed by atoms with van der Waals surface area (Å²) in [6.07, 6.45) is 4.15.